The summed E-state index contributed by atoms with van der Waals surface area (Å²) in [6.45, 7) is 2.38. The number of hydrogen-bond donors (Lipinski definition) is 2. The fourth-order valence-corrected chi connectivity index (χ4v) is 2.36. The van der Waals surface area contributed by atoms with Crippen molar-refractivity contribution in [2.45, 2.75) is 19.5 Å². The lowest BCUT2D eigenvalue weighted by atomic mass is 10.1. The van der Waals surface area contributed by atoms with E-state index in [1.54, 1.807) is 4.68 Å². The fraction of sp³-hybridized carbons (Fsp3) is 0.545. The predicted molar refractivity (Wildman–Crippen MR) is 64.7 cm³/mol. The normalized spacial score (nSPS) is 14.8. The molecule has 0 spiro atoms. The van der Waals surface area contributed by atoms with Crippen molar-refractivity contribution in [3.8, 4) is 11.4 Å². The molecule has 0 unspecified atom stereocenters. The Morgan fingerprint density at radius 2 is 2.39 bits per heavy atom. The highest BCUT2D eigenvalue weighted by Crippen LogP contribution is 2.25. The van der Waals surface area contributed by atoms with E-state index in [-0.39, 0.29) is 6.61 Å². The van der Waals surface area contributed by atoms with Gasteiger partial charge in [-0.15, -0.1) is 5.10 Å². The van der Waals surface area contributed by atoms with Gasteiger partial charge in [-0.05, 0) is 0 Å². The molecule has 7 heteroatoms. The zero-order valence-electron chi connectivity index (χ0n) is 10.3. The van der Waals surface area contributed by atoms with Gasteiger partial charge in [0.1, 0.15) is 11.4 Å². The Kier molecular flexibility index (Phi) is 2.85. The number of aliphatic hydroxyl groups excluding tert-OH is 1. The molecule has 2 aromatic rings. The van der Waals surface area contributed by atoms with E-state index in [4.69, 9.17) is 5.11 Å². The van der Waals surface area contributed by atoms with Gasteiger partial charge in [0.15, 0.2) is 0 Å². The van der Waals surface area contributed by atoms with Crippen molar-refractivity contribution >= 4 is 0 Å². The first-order chi connectivity index (χ1) is 8.79. The number of nitrogens with one attached hydrogen (secondary N) is 1. The molecule has 0 saturated carbocycles. The first-order valence-corrected chi connectivity index (χ1v) is 6.06. The summed E-state index contributed by atoms with van der Waals surface area (Å²) in [4.78, 5) is 0. The van der Waals surface area contributed by atoms with Crippen LogP contribution in [0, 0.1) is 0 Å². The summed E-state index contributed by atoms with van der Waals surface area (Å²) in [5, 5.41) is 25.1. The lowest BCUT2D eigenvalue weighted by Crippen LogP contribution is -2.25. The first kappa shape index (κ1) is 11.4. The topological polar surface area (TPSA) is 80.8 Å². The third-order valence-corrected chi connectivity index (χ3v) is 3.16. The molecule has 0 atom stereocenters. The molecule has 0 saturated heterocycles. The molecule has 2 aromatic heterocycles. The molecule has 3 rings (SSSR count). The van der Waals surface area contributed by atoms with Crippen LogP contribution < -0.4 is 5.32 Å². The molecule has 18 heavy (non-hydrogen) atoms. The molecule has 0 aliphatic carbocycles. The average Bonchev–Trinajstić information content (AvgIpc) is 2.95. The molecule has 96 valence electrons. The van der Waals surface area contributed by atoms with Crippen molar-refractivity contribution in [1.29, 1.82) is 0 Å². The van der Waals surface area contributed by atoms with E-state index in [0.29, 0.717) is 6.54 Å². The van der Waals surface area contributed by atoms with Crippen LogP contribution in [0.4, 0.5) is 0 Å². The van der Waals surface area contributed by atoms with Gasteiger partial charge < -0.3 is 10.4 Å². The van der Waals surface area contributed by atoms with E-state index in [0.717, 1.165) is 30.9 Å². The van der Waals surface area contributed by atoms with Crippen LogP contribution in [-0.2, 0) is 26.6 Å². The maximum absolute atomic E-state index is 9.10. The van der Waals surface area contributed by atoms with Gasteiger partial charge in [-0.25, -0.2) is 0 Å². The summed E-state index contributed by atoms with van der Waals surface area (Å²) < 4.78 is 3.56. The smallest absolute Gasteiger partial charge is 0.133 e. The lowest BCUT2D eigenvalue weighted by Gasteiger charge is -2.14. The Hall–Kier alpha value is -1.73. The predicted octanol–water partition coefficient (Wildman–Crippen LogP) is -0.683. The van der Waals surface area contributed by atoms with Gasteiger partial charge in [0.25, 0.3) is 0 Å². The maximum atomic E-state index is 9.10. The van der Waals surface area contributed by atoms with Gasteiger partial charge in [-0.3, -0.25) is 9.36 Å². The third kappa shape index (κ3) is 1.81. The summed E-state index contributed by atoms with van der Waals surface area (Å²) in [5.41, 5.74) is 4.03. The van der Waals surface area contributed by atoms with Crippen molar-refractivity contribution in [2.24, 2.45) is 7.05 Å². The standard InChI is InChI=1S/C11H16N6O/c1-16-7-9(13-15-16)11-8-6-12-3-2-10(8)17(14-11)4-5-18/h7,12,18H,2-6H2,1H3. The van der Waals surface area contributed by atoms with Gasteiger partial charge in [-0.1, -0.05) is 5.21 Å². The summed E-state index contributed by atoms with van der Waals surface area (Å²) in [7, 11) is 1.84. The minimum atomic E-state index is 0.0987. The van der Waals surface area contributed by atoms with Crippen molar-refractivity contribution in [3.05, 3.63) is 17.5 Å². The van der Waals surface area contributed by atoms with Crippen LogP contribution in [0.3, 0.4) is 0 Å². The number of fused-ring (bicyclic) bond motifs is 1. The minimum Gasteiger partial charge on any atom is -0.394 e. The quantitative estimate of drug-likeness (QED) is 0.752. The lowest BCUT2D eigenvalue weighted by molar-refractivity contribution is 0.267. The monoisotopic (exact) mass is 248 g/mol. The summed E-state index contributed by atoms with van der Waals surface area (Å²) in [6, 6.07) is 0. The second-order valence-corrected chi connectivity index (χ2v) is 4.42. The average molecular weight is 248 g/mol. The Labute approximate surface area is 104 Å². The second-order valence-electron chi connectivity index (χ2n) is 4.42. The number of aryl methyl sites for hydroxylation is 1. The van der Waals surface area contributed by atoms with E-state index in [1.807, 2.05) is 17.9 Å². The van der Waals surface area contributed by atoms with Crippen molar-refractivity contribution in [2.75, 3.05) is 13.2 Å². The molecule has 0 bridgehead atoms. The zero-order valence-corrected chi connectivity index (χ0v) is 10.3. The molecular weight excluding hydrogens is 232 g/mol. The van der Waals surface area contributed by atoms with E-state index in [1.165, 1.54) is 11.3 Å². The highest BCUT2D eigenvalue weighted by molar-refractivity contribution is 5.59. The Bertz CT molecular complexity index is 558. The molecule has 1 aliphatic heterocycles. The number of rotatable bonds is 3. The SMILES string of the molecule is Cn1cc(-c2nn(CCO)c3c2CNCC3)nn1. The number of aliphatic hydroxyl groups is 1. The van der Waals surface area contributed by atoms with Crippen LogP contribution in [-0.4, -0.2) is 43.0 Å². The molecule has 2 N–H and O–H groups in total. The molecule has 1 aliphatic rings. The van der Waals surface area contributed by atoms with Gasteiger partial charge >= 0.3 is 0 Å². The van der Waals surface area contributed by atoms with E-state index >= 15 is 0 Å². The van der Waals surface area contributed by atoms with Crippen LogP contribution >= 0.6 is 0 Å². The zero-order chi connectivity index (χ0) is 12.5. The summed E-state index contributed by atoms with van der Waals surface area (Å²) in [5.74, 6) is 0. The molecular formula is C11H16N6O. The maximum Gasteiger partial charge on any atom is 0.133 e. The molecule has 3 heterocycles. The van der Waals surface area contributed by atoms with Crippen LogP contribution in [0.15, 0.2) is 6.20 Å². The van der Waals surface area contributed by atoms with Crippen molar-refractivity contribution in [3.63, 3.8) is 0 Å². The second kappa shape index (κ2) is 4.51. The van der Waals surface area contributed by atoms with Crippen LogP contribution in [0.5, 0.6) is 0 Å². The third-order valence-electron chi connectivity index (χ3n) is 3.16. The molecule has 0 fully saturated rings. The number of aromatic nitrogens is 5. The van der Waals surface area contributed by atoms with Crippen LogP contribution in [0.2, 0.25) is 0 Å². The van der Waals surface area contributed by atoms with Gasteiger partial charge in [0.2, 0.25) is 0 Å². The van der Waals surface area contributed by atoms with Gasteiger partial charge in [-0.2, -0.15) is 5.10 Å². The van der Waals surface area contributed by atoms with Gasteiger partial charge in [0, 0.05) is 37.8 Å². The van der Waals surface area contributed by atoms with Crippen molar-refractivity contribution in [1.82, 2.24) is 30.1 Å². The highest BCUT2D eigenvalue weighted by atomic mass is 16.3. The van der Waals surface area contributed by atoms with E-state index < -0.39 is 0 Å². The van der Waals surface area contributed by atoms with E-state index in [2.05, 4.69) is 20.7 Å². The van der Waals surface area contributed by atoms with E-state index in [9.17, 15) is 0 Å². The Morgan fingerprint density at radius 1 is 1.50 bits per heavy atom. The summed E-state index contributed by atoms with van der Waals surface area (Å²) >= 11 is 0. The van der Waals surface area contributed by atoms with Crippen LogP contribution in [0.1, 0.15) is 11.3 Å². The fourth-order valence-electron chi connectivity index (χ4n) is 2.36. The molecule has 7 nitrogen and oxygen atoms in total. The summed E-state index contributed by atoms with van der Waals surface area (Å²) in [6.07, 6.45) is 2.79. The molecule has 0 amide bonds. The van der Waals surface area contributed by atoms with Crippen molar-refractivity contribution < 1.29 is 5.11 Å². The van der Waals surface area contributed by atoms with Gasteiger partial charge in [0.05, 0.1) is 19.3 Å². The first-order valence-electron chi connectivity index (χ1n) is 6.06. The molecule has 0 radical (unpaired) electrons. The Morgan fingerprint density at radius 3 is 3.11 bits per heavy atom. The Balaban J connectivity index is 2.08. The highest BCUT2D eigenvalue weighted by Gasteiger charge is 2.22. The molecule has 0 aromatic carbocycles. The number of nitrogens with zero attached hydrogens (tertiary/aromatic N) is 5. The minimum absolute atomic E-state index is 0.0987. The largest absolute Gasteiger partial charge is 0.394 e. The van der Waals surface area contributed by atoms with Crippen LogP contribution in [0.25, 0.3) is 11.4 Å². The number of hydrogen-bond acceptors (Lipinski definition) is 5.